The molecule has 10 aromatic rings. The standard InChI is InChI=1S/C49H32N2O/c1-4-13-33(14-5-1)34-23-26-39(27-24-34)51(45-22-12-20-35-17-10-11-21-41(35)45)40-28-29-42-43(36-15-6-2-7-16-36)31-38-25-30-46-48(47(38)44(42)32-40)50-49(52-46)37-18-8-3-9-19-37/h1-32H. The lowest BCUT2D eigenvalue weighted by Crippen LogP contribution is -2.10. The molecule has 0 aliphatic heterocycles. The largest absolute Gasteiger partial charge is 0.436 e. The van der Waals surface area contributed by atoms with Crippen molar-refractivity contribution in [2.45, 2.75) is 0 Å². The van der Waals surface area contributed by atoms with Crippen molar-refractivity contribution >= 4 is 60.5 Å². The first kappa shape index (κ1) is 29.9. The molecule has 0 saturated heterocycles. The van der Waals surface area contributed by atoms with E-state index in [2.05, 4.69) is 169 Å². The number of rotatable bonds is 6. The molecule has 0 aliphatic rings. The highest BCUT2D eigenvalue weighted by molar-refractivity contribution is 6.22. The van der Waals surface area contributed by atoms with Crippen LogP contribution in [0.15, 0.2) is 199 Å². The Hall–Kier alpha value is -6.97. The van der Waals surface area contributed by atoms with Crippen LogP contribution in [0.2, 0.25) is 0 Å². The zero-order valence-corrected chi connectivity index (χ0v) is 28.3. The highest BCUT2D eigenvalue weighted by atomic mass is 16.3. The SMILES string of the molecule is c1ccc(-c2ccc(N(c3ccc4c(-c5ccccc5)cc5ccc6oc(-c7ccccc7)nc6c5c4c3)c3cccc4ccccc34)cc2)cc1. The number of benzene rings is 9. The predicted octanol–water partition coefficient (Wildman–Crippen LogP) is 13.8. The molecule has 3 heteroatoms. The molecule has 10 rings (SSSR count). The van der Waals surface area contributed by atoms with E-state index in [4.69, 9.17) is 9.40 Å². The zero-order chi connectivity index (χ0) is 34.4. The quantitative estimate of drug-likeness (QED) is 0.166. The van der Waals surface area contributed by atoms with E-state index in [1.165, 1.54) is 33.0 Å². The van der Waals surface area contributed by atoms with Gasteiger partial charge in [-0.2, -0.15) is 0 Å². The van der Waals surface area contributed by atoms with Crippen LogP contribution in [0.1, 0.15) is 0 Å². The summed E-state index contributed by atoms with van der Waals surface area (Å²) >= 11 is 0. The molecule has 0 bridgehead atoms. The minimum Gasteiger partial charge on any atom is -0.436 e. The van der Waals surface area contributed by atoms with Crippen molar-refractivity contribution in [3.8, 4) is 33.7 Å². The first-order valence-corrected chi connectivity index (χ1v) is 17.6. The molecule has 0 unspecified atom stereocenters. The van der Waals surface area contributed by atoms with Crippen LogP contribution in [-0.4, -0.2) is 4.98 Å². The van der Waals surface area contributed by atoms with Crippen molar-refractivity contribution in [2.75, 3.05) is 4.90 Å². The Morgan fingerprint density at radius 2 is 1.04 bits per heavy atom. The first-order chi connectivity index (χ1) is 25.8. The minimum absolute atomic E-state index is 0.621. The third-order valence-corrected chi connectivity index (χ3v) is 10.1. The monoisotopic (exact) mass is 664 g/mol. The maximum atomic E-state index is 6.42. The minimum atomic E-state index is 0.621. The summed E-state index contributed by atoms with van der Waals surface area (Å²) in [6, 6.07) is 68.8. The maximum Gasteiger partial charge on any atom is 0.227 e. The summed E-state index contributed by atoms with van der Waals surface area (Å²) in [5.41, 5.74) is 10.6. The molecule has 0 fully saturated rings. The first-order valence-electron chi connectivity index (χ1n) is 17.6. The Kier molecular flexibility index (Phi) is 7.14. The molecule has 52 heavy (non-hydrogen) atoms. The van der Waals surface area contributed by atoms with E-state index < -0.39 is 0 Å². The molecule has 0 saturated carbocycles. The lowest BCUT2D eigenvalue weighted by molar-refractivity contribution is 0.620. The zero-order valence-electron chi connectivity index (χ0n) is 28.3. The Morgan fingerprint density at radius 3 is 1.81 bits per heavy atom. The van der Waals surface area contributed by atoms with Crippen LogP contribution in [0.25, 0.3) is 77.1 Å². The fraction of sp³-hybridized carbons (Fsp3) is 0. The second-order valence-corrected chi connectivity index (χ2v) is 13.2. The molecular weight excluding hydrogens is 633 g/mol. The number of fused-ring (bicyclic) bond motifs is 6. The molecule has 244 valence electrons. The number of nitrogens with zero attached hydrogens (tertiary/aromatic N) is 2. The van der Waals surface area contributed by atoms with E-state index in [1.54, 1.807) is 0 Å². The van der Waals surface area contributed by atoms with E-state index in [-0.39, 0.29) is 0 Å². The van der Waals surface area contributed by atoms with Crippen molar-refractivity contribution in [1.29, 1.82) is 0 Å². The van der Waals surface area contributed by atoms with Gasteiger partial charge in [-0.3, -0.25) is 0 Å². The molecular formula is C49H32N2O. The van der Waals surface area contributed by atoms with Crippen LogP contribution in [0, 0.1) is 0 Å². The van der Waals surface area contributed by atoms with Crippen LogP contribution in [0.4, 0.5) is 17.1 Å². The van der Waals surface area contributed by atoms with Gasteiger partial charge in [0.1, 0.15) is 5.52 Å². The molecule has 0 N–H and O–H groups in total. The Morgan fingerprint density at radius 1 is 0.404 bits per heavy atom. The molecule has 0 atom stereocenters. The van der Waals surface area contributed by atoms with Gasteiger partial charge in [0.2, 0.25) is 5.89 Å². The van der Waals surface area contributed by atoms with Gasteiger partial charge in [0.15, 0.2) is 5.58 Å². The summed E-state index contributed by atoms with van der Waals surface area (Å²) in [6.45, 7) is 0. The number of hydrogen-bond acceptors (Lipinski definition) is 3. The summed E-state index contributed by atoms with van der Waals surface area (Å²) in [7, 11) is 0. The van der Waals surface area contributed by atoms with Crippen molar-refractivity contribution in [3.63, 3.8) is 0 Å². The van der Waals surface area contributed by atoms with Crippen molar-refractivity contribution in [3.05, 3.63) is 194 Å². The van der Waals surface area contributed by atoms with Crippen LogP contribution >= 0.6 is 0 Å². The van der Waals surface area contributed by atoms with E-state index in [1.807, 2.05) is 30.3 Å². The van der Waals surface area contributed by atoms with Crippen LogP contribution in [0.5, 0.6) is 0 Å². The Balaban J connectivity index is 1.25. The summed E-state index contributed by atoms with van der Waals surface area (Å²) in [6.07, 6.45) is 0. The lowest BCUT2D eigenvalue weighted by Gasteiger charge is -2.28. The average molecular weight is 665 g/mol. The number of hydrogen-bond donors (Lipinski definition) is 0. The summed E-state index contributed by atoms with van der Waals surface area (Å²) in [5, 5.41) is 6.87. The highest BCUT2D eigenvalue weighted by Gasteiger charge is 2.20. The van der Waals surface area contributed by atoms with Gasteiger partial charge in [-0.15, -0.1) is 0 Å². The fourth-order valence-corrected chi connectivity index (χ4v) is 7.58. The number of anilines is 3. The maximum absolute atomic E-state index is 6.42. The van der Waals surface area contributed by atoms with E-state index in [9.17, 15) is 0 Å². The van der Waals surface area contributed by atoms with Gasteiger partial charge in [-0.25, -0.2) is 4.98 Å². The molecule has 1 heterocycles. The molecule has 0 amide bonds. The normalized spacial score (nSPS) is 11.5. The van der Waals surface area contributed by atoms with Crippen LogP contribution in [-0.2, 0) is 0 Å². The van der Waals surface area contributed by atoms with Gasteiger partial charge in [0, 0.05) is 27.7 Å². The van der Waals surface area contributed by atoms with Crippen molar-refractivity contribution in [1.82, 2.24) is 4.98 Å². The number of aromatic nitrogens is 1. The molecule has 0 aliphatic carbocycles. The third kappa shape index (κ3) is 5.10. The summed E-state index contributed by atoms with van der Waals surface area (Å²) < 4.78 is 6.42. The Labute approximate surface area is 301 Å². The Bertz CT molecular complexity index is 2870. The van der Waals surface area contributed by atoms with Gasteiger partial charge in [-0.05, 0) is 98.4 Å². The fourth-order valence-electron chi connectivity index (χ4n) is 7.58. The molecule has 0 spiro atoms. The van der Waals surface area contributed by atoms with Gasteiger partial charge < -0.3 is 9.32 Å². The van der Waals surface area contributed by atoms with E-state index >= 15 is 0 Å². The third-order valence-electron chi connectivity index (χ3n) is 10.1. The van der Waals surface area contributed by atoms with E-state index in [0.717, 1.165) is 55.3 Å². The lowest BCUT2D eigenvalue weighted by atomic mass is 9.92. The van der Waals surface area contributed by atoms with Gasteiger partial charge in [0.25, 0.3) is 0 Å². The number of oxazole rings is 1. The van der Waals surface area contributed by atoms with Gasteiger partial charge in [-0.1, -0.05) is 140 Å². The predicted molar refractivity (Wildman–Crippen MR) is 218 cm³/mol. The molecule has 9 aromatic carbocycles. The van der Waals surface area contributed by atoms with Crippen molar-refractivity contribution < 1.29 is 4.42 Å². The second kappa shape index (κ2) is 12.4. The van der Waals surface area contributed by atoms with Gasteiger partial charge in [0.05, 0.1) is 5.69 Å². The second-order valence-electron chi connectivity index (χ2n) is 13.2. The molecule has 1 aromatic heterocycles. The topological polar surface area (TPSA) is 29.3 Å². The molecule has 0 radical (unpaired) electrons. The summed E-state index contributed by atoms with van der Waals surface area (Å²) in [5.74, 6) is 0.621. The smallest absolute Gasteiger partial charge is 0.227 e. The van der Waals surface area contributed by atoms with Gasteiger partial charge >= 0.3 is 0 Å². The summed E-state index contributed by atoms with van der Waals surface area (Å²) in [4.78, 5) is 7.54. The average Bonchev–Trinajstić information content (AvgIpc) is 3.67. The van der Waals surface area contributed by atoms with Crippen LogP contribution < -0.4 is 4.90 Å². The highest BCUT2D eigenvalue weighted by Crippen LogP contribution is 2.44. The van der Waals surface area contributed by atoms with E-state index in [0.29, 0.717) is 5.89 Å². The molecule has 3 nitrogen and oxygen atoms in total. The van der Waals surface area contributed by atoms with Crippen LogP contribution in [0.3, 0.4) is 0 Å². The van der Waals surface area contributed by atoms with Crippen molar-refractivity contribution in [2.24, 2.45) is 0 Å².